The Morgan fingerprint density at radius 1 is 0.306 bits per heavy atom. The third kappa shape index (κ3) is 28.6. The Labute approximate surface area is 847 Å². The standard InChI is InChI=1S/2C29H36N2O6.C24H28N2O4.C20H21NO4.C9H17NO3.2CH4/c2*1-29(2,3)37-28(33)30-15-13-23(18-30)36-24-12-9-21(17-26(24)34-4)31-16-14-25(27(31)32)35-22-10-7-20(8-11-22)19-5-6-19;1-28-23-14-18(6-9-21(23)30-20-10-12-25-15-20)26-13-11-22(24(26)27)29-19-7-4-17(5-8-19)16-2-3-16;1-24-19-12-15(6-9-17(19)22)21-11-10-18(20(21)23)25-16-7-4-14(5-8-16)13-2-3-13;1-9(2,3)13-8(12)10-5-4-7(11)6-10;;/h2*7-12,17,19,23,25H,5-6,13-16,18H2,1-4H3;4-9,14,16,20,22,25H,2-3,10-13,15H2,1H3;4-9,12-13,18,22H,2-3,10-11H2,1H3;7,11H,4-6H2,1-3H3;2*1H4. The van der Waals surface area contributed by atoms with Crippen LogP contribution in [0.2, 0.25) is 0 Å². The van der Waals surface area contributed by atoms with Gasteiger partial charge >= 0.3 is 18.3 Å². The number of aliphatic hydroxyl groups excluding tert-OH is 1. The van der Waals surface area contributed by atoms with Crippen molar-refractivity contribution in [2.24, 2.45) is 0 Å². The molecule has 4 saturated carbocycles. The van der Waals surface area contributed by atoms with Crippen molar-refractivity contribution in [2.45, 2.75) is 269 Å². The number of aliphatic hydroxyl groups is 1. The minimum Gasteiger partial charge on any atom is -0.504 e. The Morgan fingerprint density at radius 3 is 0.833 bits per heavy atom. The first kappa shape index (κ1) is 107. The number of carbonyl (C=O) groups excluding carboxylic acids is 7. The summed E-state index contributed by atoms with van der Waals surface area (Å²) in [6.07, 6.45) is 12.2. The highest BCUT2D eigenvalue weighted by Crippen LogP contribution is 2.47. The molecule has 8 heterocycles. The Bertz CT molecular complexity index is 5510. The van der Waals surface area contributed by atoms with Crippen molar-refractivity contribution in [3.63, 3.8) is 0 Å². The van der Waals surface area contributed by atoms with E-state index in [0.29, 0.717) is 174 Å². The lowest BCUT2D eigenvalue weighted by Crippen LogP contribution is -2.36. The molecule has 144 heavy (non-hydrogen) atoms. The van der Waals surface area contributed by atoms with Crippen molar-refractivity contribution in [2.75, 3.05) is 127 Å². The van der Waals surface area contributed by atoms with Crippen molar-refractivity contribution in [1.29, 1.82) is 0 Å². The normalized spacial score (nSPS) is 21.7. The van der Waals surface area contributed by atoms with Crippen molar-refractivity contribution in [3.05, 3.63) is 192 Å². The number of phenols is 1. The van der Waals surface area contributed by atoms with E-state index in [4.69, 9.17) is 66.3 Å². The lowest BCUT2D eigenvalue weighted by Gasteiger charge is -2.24. The van der Waals surface area contributed by atoms with E-state index in [1.165, 1.54) is 91.7 Å². The van der Waals surface area contributed by atoms with Gasteiger partial charge in [-0.3, -0.25) is 19.2 Å². The van der Waals surface area contributed by atoms with Crippen LogP contribution in [-0.2, 0) is 33.4 Å². The molecule has 8 aliphatic heterocycles. The fourth-order valence-electron chi connectivity index (χ4n) is 18.4. The quantitative estimate of drug-likeness (QED) is 0.0424. The predicted molar refractivity (Wildman–Crippen MR) is 550 cm³/mol. The Hall–Kier alpha value is -13.0. The summed E-state index contributed by atoms with van der Waals surface area (Å²) in [5.74, 6) is 9.55. The van der Waals surface area contributed by atoms with Gasteiger partial charge in [-0.1, -0.05) is 63.4 Å². The number of phenolic OH excluding ortho intramolecular Hbond substituents is 1. The average Bonchev–Trinajstić information content (AvgIpc) is 1.65. The molecule has 7 amide bonds. The number of benzene rings is 8. The molecule has 0 bridgehead atoms. The predicted octanol–water partition coefficient (Wildman–Crippen LogP) is 19.5. The van der Waals surface area contributed by atoms with Gasteiger partial charge < -0.3 is 116 Å². The third-order valence-corrected chi connectivity index (χ3v) is 26.6. The maximum Gasteiger partial charge on any atom is 0.410 e. The monoisotopic (exact) mass is 1980 g/mol. The van der Waals surface area contributed by atoms with E-state index in [9.17, 15) is 43.8 Å². The number of methoxy groups -OCH3 is 4. The van der Waals surface area contributed by atoms with Crippen molar-refractivity contribution in [1.82, 2.24) is 20.0 Å². The van der Waals surface area contributed by atoms with Gasteiger partial charge in [-0.2, -0.15) is 0 Å². The van der Waals surface area contributed by atoms with Crippen molar-refractivity contribution in [3.8, 4) is 69.0 Å². The smallest absolute Gasteiger partial charge is 0.410 e. The second kappa shape index (κ2) is 47.2. The first-order valence-electron chi connectivity index (χ1n) is 50.2. The lowest BCUT2D eigenvalue weighted by atomic mass is 10.1. The van der Waals surface area contributed by atoms with Crippen LogP contribution in [0.3, 0.4) is 0 Å². The highest BCUT2D eigenvalue weighted by atomic mass is 16.6. The van der Waals surface area contributed by atoms with Crippen molar-refractivity contribution >= 4 is 64.7 Å². The summed E-state index contributed by atoms with van der Waals surface area (Å²) in [5, 5.41) is 22.2. The number of hydrogen-bond acceptors (Lipinski definition) is 24. The van der Waals surface area contributed by atoms with E-state index in [0.717, 1.165) is 65.5 Å². The summed E-state index contributed by atoms with van der Waals surface area (Å²) in [5.41, 5.74) is 6.88. The Morgan fingerprint density at radius 2 is 0.576 bits per heavy atom. The zero-order valence-corrected chi connectivity index (χ0v) is 84.0. The molecule has 20 rings (SSSR count). The zero-order chi connectivity index (χ0) is 100. The van der Waals surface area contributed by atoms with E-state index in [-0.39, 0.29) is 86.9 Å². The summed E-state index contributed by atoms with van der Waals surface area (Å²) in [6, 6.07) is 54.2. The van der Waals surface area contributed by atoms with Gasteiger partial charge in [-0.25, -0.2) is 14.4 Å². The first-order chi connectivity index (χ1) is 68.1. The number of rotatable bonds is 26. The van der Waals surface area contributed by atoms with Crippen molar-refractivity contribution < 1.29 is 110 Å². The molecule has 8 aromatic rings. The van der Waals surface area contributed by atoms with Gasteiger partial charge in [0.25, 0.3) is 23.6 Å². The number of ether oxygens (including phenoxy) is 14. The third-order valence-electron chi connectivity index (χ3n) is 26.6. The molecule has 0 spiro atoms. The summed E-state index contributed by atoms with van der Waals surface area (Å²) < 4.78 is 80.3. The topological polar surface area (TPSA) is 324 Å². The van der Waals surface area contributed by atoms with Gasteiger partial charge in [0.05, 0.1) is 47.6 Å². The molecule has 0 radical (unpaired) electrons. The second-order valence-electron chi connectivity index (χ2n) is 41.3. The highest BCUT2D eigenvalue weighted by Gasteiger charge is 2.43. The van der Waals surface area contributed by atoms with Gasteiger partial charge in [-0.05, 0) is 276 Å². The Kier molecular flexibility index (Phi) is 35.0. The minimum absolute atomic E-state index is 0. The van der Waals surface area contributed by atoms with Crippen LogP contribution in [0.15, 0.2) is 170 Å². The number of carbonyl (C=O) groups is 7. The van der Waals surface area contributed by atoms with E-state index in [1.807, 2.05) is 165 Å². The first-order valence-corrected chi connectivity index (χ1v) is 50.2. The number of aromatic hydroxyl groups is 1. The molecule has 8 atom stereocenters. The maximum atomic E-state index is 13.1. The molecule has 31 nitrogen and oxygen atoms in total. The van der Waals surface area contributed by atoms with Crippen LogP contribution >= 0.6 is 0 Å². The van der Waals surface area contributed by atoms with Gasteiger partial charge in [0.1, 0.15) is 58.1 Å². The summed E-state index contributed by atoms with van der Waals surface area (Å²) in [6.45, 7) is 23.8. The van der Waals surface area contributed by atoms with E-state index in [2.05, 4.69) is 53.8 Å². The number of nitrogens with one attached hydrogen (secondary N) is 1. The molecule has 8 aromatic carbocycles. The summed E-state index contributed by atoms with van der Waals surface area (Å²) >= 11 is 0. The number of nitrogens with zero attached hydrogens (tertiary/aromatic N) is 7. The zero-order valence-electron chi connectivity index (χ0n) is 84.0. The molecule has 776 valence electrons. The van der Waals surface area contributed by atoms with Crippen LogP contribution in [0.25, 0.3) is 0 Å². The fourth-order valence-corrected chi connectivity index (χ4v) is 18.4. The SMILES string of the molecule is C.C.CC(C)(C)OC(=O)N1CCC(O)C1.COc1cc(N2CCC(Oc3ccc(C4CC4)cc3)C2=O)ccc1O.COc1cc(N2CCC(Oc3ccc(C4CC4)cc3)C2=O)ccc1OC1CCN(C(=O)OC(C)(C)C)C1.COc1cc(N2CCC(Oc3ccc(C4CC4)cc3)C2=O)ccc1OC1CCN(C(=O)OC(C)(C)C)C1.COc1cc(N2CCC(Oc3ccc(C4CC4)cc3)C2=O)ccc1OC1CCNC1. The van der Waals surface area contributed by atoms with Gasteiger partial charge in [0.15, 0.2) is 70.4 Å². The molecular weight excluding hydrogens is 1840 g/mol. The maximum absolute atomic E-state index is 13.1. The second-order valence-corrected chi connectivity index (χ2v) is 41.3. The van der Waals surface area contributed by atoms with Crippen LogP contribution in [0, 0.1) is 0 Å². The fraction of sp³-hybridized carbons (Fsp3) is 0.513. The summed E-state index contributed by atoms with van der Waals surface area (Å²) in [4.78, 5) is 99.8. The van der Waals surface area contributed by atoms with E-state index < -0.39 is 41.2 Å². The minimum atomic E-state index is -0.535. The number of β-amino-alcohol motifs (C(OH)–C–C–N with tert-alkyl or cyclic N) is 1. The molecule has 12 aliphatic rings. The van der Waals surface area contributed by atoms with Crippen LogP contribution < -0.4 is 77.0 Å². The molecular formula is C113H146N8O23. The van der Waals surface area contributed by atoms with E-state index >= 15 is 0 Å². The molecule has 4 aliphatic carbocycles. The molecule has 31 heteroatoms. The molecule has 3 N–H and O–H groups in total. The number of hydrogen-bond donors (Lipinski definition) is 3. The highest BCUT2D eigenvalue weighted by molar-refractivity contribution is 6.02. The molecule has 12 fully saturated rings. The molecule has 0 aromatic heterocycles. The van der Waals surface area contributed by atoms with Crippen LogP contribution in [0.4, 0.5) is 37.1 Å². The summed E-state index contributed by atoms with van der Waals surface area (Å²) in [7, 11) is 6.27. The van der Waals surface area contributed by atoms with Gasteiger partial charge in [0, 0.05) is 144 Å². The largest absolute Gasteiger partial charge is 0.504 e. The van der Waals surface area contributed by atoms with Gasteiger partial charge in [0.2, 0.25) is 0 Å². The van der Waals surface area contributed by atoms with Crippen LogP contribution in [0.1, 0.15) is 226 Å². The van der Waals surface area contributed by atoms with Gasteiger partial charge in [-0.15, -0.1) is 0 Å². The number of likely N-dealkylation sites (tertiary alicyclic amines) is 3. The lowest BCUT2D eigenvalue weighted by molar-refractivity contribution is -0.123. The number of amides is 7. The molecule has 8 saturated heterocycles. The average molecular weight is 1980 g/mol. The Balaban J connectivity index is 0.000000146. The van der Waals surface area contributed by atoms with Crippen LogP contribution in [0.5, 0.6) is 69.0 Å². The van der Waals surface area contributed by atoms with E-state index in [1.54, 1.807) is 62.9 Å². The number of anilines is 4. The molecule has 8 unspecified atom stereocenters. The van der Waals surface area contributed by atoms with Crippen LogP contribution in [-0.4, -0.2) is 239 Å².